The molecule has 0 aliphatic carbocycles. The average Bonchev–Trinajstić information content (AvgIpc) is 3.04. The van der Waals surface area contributed by atoms with Crippen LogP contribution in [-0.2, 0) is 4.79 Å². The fourth-order valence-corrected chi connectivity index (χ4v) is 3.33. The van der Waals surface area contributed by atoms with E-state index in [1.54, 1.807) is 0 Å². The lowest BCUT2D eigenvalue weighted by Gasteiger charge is -2.25. The molecule has 0 radical (unpaired) electrons. The molecule has 132 valence electrons. The van der Waals surface area contributed by atoms with Crippen LogP contribution in [0.2, 0.25) is 0 Å². The van der Waals surface area contributed by atoms with Crippen LogP contribution in [0, 0.1) is 0 Å². The molecule has 1 amide bonds. The highest BCUT2D eigenvalue weighted by molar-refractivity contribution is 5.80. The van der Waals surface area contributed by atoms with Gasteiger partial charge >= 0.3 is 0 Å². The van der Waals surface area contributed by atoms with Crippen LogP contribution in [0.25, 0.3) is 0 Å². The number of piperidine rings is 1. The quantitative estimate of drug-likeness (QED) is 0.566. The van der Waals surface area contributed by atoms with E-state index in [0.717, 1.165) is 45.1 Å². The smallest absolute Gasteiger partial charge is 0.222 e. The molecule has 2 aliphatic rings. The largest absolute Gasteiger partial charge is 0.357 e. The van der Waals surface area contributed by atoms with Crippen LogP contribution in [-0.4, -0.2) is 73.5 Å². The fraction of sp³-hybridized carbons (Fsp3) is 0.882. The number of nitrogens with zero attached hydrogens (tertiary/aromatic N) is 3. The first-order valence-electron chi connectivity index (χ1n) is 9.28. The van der Waals surface area contributed by atoms with Crippen LogP contribution < -0.4 is 10.6 Å². The van der Waals surface area contributed by atoms with E-state index in [-0.39, 0.29) is 5.91 Å². The zero-order valence-corrected chi connectivity index (χ0v) is 14.8. The lowest BCUT2D eigenvalue weighted by atomic mass is 10.1. The van der Waals surface area contributed by atoms with Crippen molar-refractivity contribution < 1.29 is 4.79 Å². The van der Waals surface area contributed by atoms with Crippen molar-refractivity contribution in [2.45, 2.75) is 52.0 Å². The second-order valence-corrected chi connectivity index (χ2v) is 6.49. The Kier molecular flexibility index (Phi) is 7.65. The highest BCUT2D eigenvalue weighted by atomic mass is 16.2. The standard InChI is InChI=1S/C17H33N5O/c1-3-16(23)22-12-8-15(14-22)20-17(18-4-2)19-9-13-21-10-6-5-7-11-21/h15H,3-14H2,1-2H3,(H2,18,19,20). The summed E-state index contributed by atoms with van der Waals surface area (Å²) in [4.78, 5) is 20.9. The third-order valence-corrected chi connectivity index (χ3v) is 4.66. The third-order valence-electron chi connectivity index (χ3n) is 4.66. The number of hydrogen-bond donors (Lipinski definition) is 2. The van der Waals surface area contributed by atoms with Crippen molar-refractivity contribution in [3.63, 3.8) is 0 Å². The molecule has 1 unspecified atom stereocenters. The molecule has 0 aromatic carbocycles. The van der Waals surface area contributed by atoms with Crippen LogP contribution in [0.1, 0.15) is 46.0 Å². The highest BCUT2D eigenvalue weighted by Gasteiger charge is 2.25. The van der Waals surface area contributed by atoms with Gasteiger partial charge in [-0.15, -0.1) is 0 Å². The molecule has 0 aromatic heterocycles. The summed E-state index contributed by atoms with van der Waals surface area (Å²) >= 11 is 0. The molecule has 6 nitrogen and oxygen atoms in total. The maximum Gasteiger partial charge on any atom is 0.222 e. The molecular weight excluding hydrogens is 290 g/mol. The number of amides is 1. The first-order valence-corrected chi connectivity index (χ1v) is 9.28. The SMILES string of the molecule is CCNC(=NCCN1CCCCC1)NC1CCN(C(=O)CC)C1. The molecule has 2 saturated heterocycles. The molecular formula is C17H33N5O. The maximum absolute atomic E-state index is 11.8. The van der Waals surface area contributed by atoms with Crippen molar-refractivity contribution in [3.05, 3.63) is 0 Å². The van der Waals surface area contributed by atoms with Gasteiger partial charge in [-0.1, -0.05) is 13.3 Å². The summed E-state index contributed by atoms with van der Waals surface area (Å²) in [6, 6.07) is 0.318. The average molecular weight is 323 g/mol. The van der Waals surface area contributed by atoms with Crippen molar-refractivity contribution in [3.8, 4) is 0 Å². The number of guanidine groups is 1. The van der Waals surface area contributed by atoms with Crippen LogP contribution in [0.3, 0.4) is 0 Å². The molecule has 0 saturated carbocycles. The molecule has 2 rings (SSSR count). The normalized spacial score (nSPS) is 23.1. The number of carbonyl (C=O) groups excluding carboxylic acids is 1. The van der Waals surface area contributed by atoms with Crippen LogP contribution in [0.4, 0.5) is 0 Å². The van der Waals surface area contributed by atoms with Crippen LogP contribution in [0.5, 0.6) is 0 Å². The Morgan fingerprint density at radius 1 is 1.17 bits per heavy atom. The van der Waals surface area contributed by atoms with E-state index in [2.05, 4.69) is 22.5 Å². The Morgan fingerprint density at radius 3 is 2.65 bits per heavy atom. The van der Waals surface area contributed by atoms with Gasteiger partial charge in [0.15, 0.2) is 5.96 Å². The van der Waals surface area contributed by atoms with Gasteiger partial charge in [-0.3, -0.25) is 9.79 Å². The summed E-state index contributed by atoms with van der Waals surface area (Å²) in [6.45, 7) is 10.8. The van der Waals surface area contributed by atoms with E-state index in [1.165, 1.54) is 32.4 Å². The number of aliphatic imine (C=N–C) groups is 1. The molecule has 0 bridgehead atoms. The minimum absolute atomic E-state index is 0.251. The molecule has 6 heteroatoms. The molecule has 2 N–H and O–H groups in total. The summed E-state index contributed by atoms with van der Waals surface area (Å²) < 4.78 is 0. The molecule has 2 heterocycles. The second kappa shape index (κ2) is 9.75. The van der Waals surface area contributed by atoms with Gasteiger partial charge in [0.25, 0.3) is 0 Å². The summed E-state index contributed by atoms with van der Waals surface area (Å²) in [5.74, 6) is 1.14. The summed E-state index contributed by atoms with van der Waals surface area (Å²) in [5.41, 5.74) is 0. The van der Waals surface area contributed by atoms with Crippen LogP contribution >= 0.6 is 0 Å². The van der Waals surface area contributed by atoms with Gasteiger partial charge < -0.3 is 20.4 Å². The van der Waals surface area contributed by atoms with Crippen molar-refractivity contribution >= 4 is 11.9 Å². The Balaban J connectivity index is 1.76. The Labute approximate surface area is 140 Å². The zero-order valence-electron chi connectivity index (χ0n) is 14.8. The van der Waals surface area contributed by atoms with E-state index >= 15 is 0 Å². The third kappa shape index (κ3) is 6.01. The number of rotatable bonds is 6. The van der Waals surface area contributed by atoms with Gasteiger partial charge in [0.2, 0.25) is 5.91 Å². The number of hydrogen-bond acceptors (Lipinski definition) is 3. The number of likely N-dealkylation sites (tertiary alicyclic amines) is 2. The van der Waals surface area contributed by atoms with Crippen molar-refractivity contribution in [1.29, 1.82) is 0 Å². The van der Waals surface area contributed by atoms with Gasteiger partial charge in [-0.2, -0.15) is 0 Å². The van der Waals surface area contributed by atoms with E-state index < -0.39 is 0 Å². The highest BCUT2D eigenvalue weighted by Crippen LogP contribution is 2.10. The minimum Gasteiger partial charge on any atom is -0.357 e. The van der Waals surface area contributed by atoms with Crippen molar-refractivity contribution in [2.75, 3.05) is 45.8 Å². The van der Waals surface area contributed by atoms with Crippen molar-refractivity contribution in [1.82, 2.24) is 20.4 Å². The zero-order chi connectivity index (χ0) is 16.5. The minimum atomic E-state index is 0.251. The molecule has 0 aromatic rings. The van der Waals surface area contributed by atoms with Gasteiger partial charge in [0.05, 0.1) is 6.54 Å². The molecule has 2 aliphatic heterocycles. The van der Waals surface area contributed by atoms with Gasteiger partial charge in [-0.05, 0) is 39.3 Å². The predicted octanol–water partition coefficient (Wildman–Crippen LogP) is 1.04. The van der Waals surface area contributed by atoms with E-state index in [4.69, 9.17) is 4.99 Å². The lowest BCUT2D eigenvalue weighted by Crippen LogP contribution is -2.45. The maximum atomic E-state index is 11.8. The van der Waals surface area contributed by atoms with Gasteiger partial charge in [-0.25, -0.2) is 0 Å². The summed E-state index contributed by atoms with van der Waals surface area (Å²) in [7, 11) is 0. The Morgan fingerprint density at radius 2 is 1.96 bits per heavy atom. The van der Waals surface area contributed by atoms with Gasteiger partial charge in [0, 0.05) is 38.6 Å². The number of carbonyl (C=O) groups is 1. The topological polar surface area (TPSA) is 60.0 Å². The number of nitrogens with one attached hydrogen (secondary N) is 2. The van der Waals surface area contributed by atoms with Gasteiger partial charge in [0.1, 0.15) is 0 Å². The lowest BCUT2D eigenvalue weighted by molar-refractivity contribution is -0.129. The molecule has 2 fully saturated rings. The predicted molar refractivity (Wildman–Crippen MR) is 94.7 cm³/mol. The summed E-state index contributed by atoms with van der Waals surface area (Å²) in [5, 5.41) is 6.81. The fourth-order valence-electron chi connectivity index (χ4n) is 3.33. The monoisotopic (exact) mass is 323 g/mol. The first kappa shape index (κ1) is 18.0. The Hall–Kier alpha value is -1.30. The first-order chi connectivity index (χ1) is 11.2. The molecule has 0 spiro atoms. The van der Waals surface area contributed by atoms with E-state index in [0.29, 0.717) is 12.5 Å². The summed E-state index contributed by atoms with van der Waals surface area (Å²) in [6.07, 6.45) is 5.62. The van der Waals surface area contributed by atoms with E-state index in [9.17, 15) is 4.79 Å². The molecule has 23 heavy (non-hydrogen) atoms. The second-order valence-electron chi connectivity index (χ2n) is 6.49. The van der Waals surface area contributed by atoms with Crippen LogP contribution in [0.15, 0.2) is 4.99 Å². The Bertz CT molecular complexity index is 392. The van der Waals surface area contributed by atoms with E-state index in [1.807, 2.05) is 11.8 Å². The van der Waals surface area contributed by atoms with Crippen molar-refractivity contribution in [2.24, 2.45) is 4.99 Å². The molecule has 1 atom stereocenters.